The Hall–Kier alpha value is -0.640. The number of hydrogen-bond acceptors (Lipinski definition) is 4. The summed E-state index contributed by atoms with van der Waals surface area (Å²) in [5.74, 6) is 0. The minimum Gasteiger partial charge on any atom is -0.344 e. The van der Waals surface area contributed by atoms with Gasteiger partial charge in [-0.05, 0) is 19.8 Å². The van der Waals surface area contributed by atoms with Crippen molar-refractivity contribution >= 4 is 16.5 Å². The van der Waals surface area contributed by atoms with Gasteiger partial charge in [-0.1, -0.05) is 30.6 Å². The highest BCUT2D eigenvalue weighted by Gasteiger charge is 2.21. The number of rotatable bonds is 3. The monoisotopic (exact) mass is 211 g/mol. The van der Waals surface area contributed by atoms with Crippen LogP contribution in [-0.4, -0.2) is 22.8 Å². The number of aromatic nitrogens is 2. The van der Waals surface area contributed by atoms with Gasteiger partial charge in [0.05, 0.1) is 0 Å². The molecule has 0 amide bonds. The Morgan fingerprint density at radius 3 is 2.79 bits per heavy atom. The largest absolute Gasteiger partial charge is 0.344 e. The summed E-state index contributed by atoms with van der Waals surface area (Å²) in [6.45, 7) is 3.26. The van der Waals surface area contributed by atoms with Gasteiger partial charge in [0, 0.05) is 12.6 Å². The van der Waals surface area contributed by atoms with Gasteiger partial charge in [-0.3, -0.25) is 0 Å². The highest BCUT2D eigenvalue weighted by Crippen LogP contribution is 2.27. The van der Waals surface area contributed by atoms with Crippen LogP contribution in [0.5, 0.6) is 0 Å². The predicted octanol–water partition coefficient (Wildman–Crippen LogP) is 2.70. The van der Waals surface area contributed by atoms with E-state index in [1.807, 2.05) is 5.51 Å². The van der Waals surface area contributed by atoms with Gasteiger partial charge < -0.3 is 4.90 Å². The lowest BCUT2D eigenvalue weighted by Gasteiger charge is -2.32. The minimum atomic E-state index is 0.710. The van der Waals surface area contributed by atoms with Gasteiger partial charge in [0.2, 0.25) is 5.13 Å². The molecule has 1 aliphatic rings. The molecule has 2 rings (SSSR count). The summed E-state index contributed by atoms with van der Waals surface area (Å²) >= 11 is 1.65. The van der Waals surface area contributed by atoms with Crippen molar-refractivity contribution in [1.29, 1.82) is 0 Å². The molecule has 1 aromatic rings. The summed E-state index contributed by atoms with van der Waals surface area (Å²) in [6.07, 6.45) is 6.81. The first-order valence-corrected chi connectivity index (χ1v) is 6.32. The van der Waals surface area contributed by atoms with Crippen molar-refractivity contribution in [2.75, 3.05) is 11.4 Å². The Kier molecular flexibility index (Phi) is 3.35. The van der Waals surface area contributed by atoms with Crippen LogP contribution in [0.4, 0.5) is 5.13 Å². The highest BCUT2D eigenvalue weighted by atomic mass is 32.1. The van der Waals surface area contributed by atoms with E-state index < -0.39 is 0 Å². The van der Waals surface area contributed by atoms with Crippen molar-refractivity contribution in [1.82, 2.24) is 10.2 Å². The van der Waals surface area contributed by atoms with E-state index in [1.165, 1.54) is 32.1 Å². The molecule has 14 heavy (non-hydrogen) atoms. The molecule has 0 saturated heterocycles. The summed E-state index contributed by atoms with van der Waals surface area (Å²) in [5, 5.41) is 9.17. The van der Waals surface area contributed by atoms with Crippen LogP contribution >= 0.6 is 11.3 Å². The van der Waals surface area contributed by atoms with E-state index in [1.54, 1.807) is 11.3 Å². The molecule has 0 spiro atoms. The van der Waals surface area contributed by atoms with Gasteiger partial charge >= 0.3 is 0 Å². The van der Waals surface area contributed by atoms with Gasteiger partial charge in [0.15, 0.2) is 0 Å². The molecule has 0 unspecified atom stereocenters. The number of anilines is 1. The lowest BCUT2D eigenvalue weighted by molar-refractivity contribution is 0.417. The molecule has 1 heterocycles. The van der Waals surface area contributed by atoms with Crippen LogP contribution in [-0.2, 0) is 0 Å². The molecule has 1 aliphatic carbocycles. The smallest absolute Gasteiger partial charge is 0.208 e. The van der Waals surface area contributed by atoms with Crippen molar-refractivity contribution in [2.24, 2.45) is 0 Å². The third kappa shape index (κ3) is 2.05. The van der Waals surface area contributed by atoms with Gasteiger partial charge in [-0.25, -0.2) is 0 Å². The van der Waals surface area contributed by atoms with Crippen LogP contribution in [0, 0.1) is 0 Å². The Balaban J connectivity index is 2.04. The van der Waals surface area contributed by atoms with Crippen molar-refractivity contribution in [2.45, 2.75) is 45.1 Å². The molecule has 0 N–H and O–H groups in total. The van der Waals surface area contributed by atoms with Gasteiger partial charge in [-0.2, -0.15) is 0 Å². The molecule has 1 saturated carbocycles. The summed E-state index contributed by atoms with van der Waals surface area (Å²) < 4.78 is 0. The molecule has 1 fully saturated rings. The zero-order chi connectivity index (χ0) is 9.80. The van der Waals surface area contributed by atoms with Crippen molar-refractivity contribution in [3.63, 3.8) is 0 Å². The van der Waals surface area contributed by atoms with E-state index in [0.717, 1.165) is 11.7 Å². The summed E-state index contributed by atoms with van der Waals surface area (Å²) in [4.78, 5) is 2.41. The van der Waals surface area contributed by atoms with E-state index in [9.17, 15) is 0 Å². The second-order valence-corrected chi connectivity index (χ2v) is 4.61. The van der Waals surface area contributed by atoms with Crippen LogP contribution in [0.3, 0.4) is 0 Å². The standard InChI is InChI=1S/C10H17N3S/c1-2-13(10-12-11-8-14-10)9-6-4-3-5-7-9/h8-9H,2-7H2,1H3. The molecular weight excluding hydrogens is 194 g/mol. The van der Waals surface area contributed by atoms with Crippen molar-refractivity contribution in [3.8, 4) is 0 Å². The van der Waals surface area contributed by atoms with Crippen LogP contribution in [0.1, 0.15) is 39.0 Å². The first-order chi connectivity index (χ1) is 6.92. The van der Waals surface area contributed by atoms with E-state index in [2.05, 4.69) is 22.0 Å². The second-order valence-electron chi connectivity index (χ2n) is 3.80. The molecule has 78 valence electrons. The molecule has 0 atom stereocenters. The molecule has 3 nitrogen and oxygen atoms in total. The zero-order valence-corrected chi connectivity index (χ0v) is 9.46. The molecule has 1 aromatic heterocycles. The van der Waals surface area contributed by atoms with Crippen molar-refractivity contribution < 1.29 is 0 Å². The average molecular weight is 211 g/mol. The molecule has 0 aromatic carbocycles. The lowest BCUT2D eigenvalue weighted by atomic mass is 9.94. The Bertz CT molecular complexity index is 254. The van der Waals surface area contributed by atoms with E-state index in [-0.39, 0.29) is 0 Å². The van der Waals surface area contributed by atoms with Gasteiger partial charge in [0.1, 0.15) is 5.51 Å². The highest BCUT2D eigenvalue weighted by molar-refractivity contribution is 7.13. The zero-order valence-electron chi connectivity index (χ0n) is 8.65. The molecule has 0 radical (unpaired) electrons. The van der Waals surface area contributed by atoms with E-state index in [4.69, 9.17) is 0 Å². The van der Waals surface area contributed by atoms with Crippen LogP contribution < -0.4 is 4.90 Å². The SMILES string of the molecule is CCN(c1nncs1)C1CCCCC1. The first-order valence-electron chi connectivity index (χ1n) is 5.44. The third-order valence-corrected chi connectivity index (χ3v) is 3.68. The fourth-order valence-electron chi connectivity index (χ4n) is 2.23. The van der Waals surface area contributed by atoms with Crippen LogP contribution in [0.2, 0.25) is 0 Å². The number of nitrogens with zero attached hydrogens (tertiary/aromatic N) is 3. The predicted molar refractivity (Wildman–Crippen MR) is 59.8 cm³/mol. The minimum absolute atomic E-state index is 0.710. The summed E-state index contributed by atoms with van der Waals surface area (Å²) in [6, 6.07) is 0.710. The second kappa shape index (κ2) is 4.73. The van der Waals surface area contributed by atoms with Crippen LogP contribution in [0.25, 0.3) is 0 Å². The average Bonchev–Trinajstić information content (AvgIpc) is 2.74. The normalized spacial score (nSPS) is 18.4. The topological polar surface area (TPSA) is 29.0 Å². The van der Waals surface area contributed by atoms with E-state index >= 15 is 0 Å². The lowest BCUT2D eigenvalue weighted by Crippen LogP contribution is -2.36. The molecule has 4 heteroatoms. The quantitative estimate of drug-likeness (QED) is 0.769. The number of hydrogen-bond donors (Lipinski definition) is 0. The first kappa shape index (κ1) is 9.90. The Labute approximate surface area is 89.2 Å². The molecule has 0 aliphatic heterocycles. The Morgan fingerprint density at radius 1 is 1.43 bits per heavy atom. The van der Waals surface area contributed by atoms with E-state index in [0.29, 0.717) is 6.04 Å². The maximum Gasteiger partial charge on any atom is 0.208 e. The fourth-order valence-corrected chi connectivity index (χ4v) is 2.93. The van der Waals surface area contributed by atoms with Crippen LogP contribution in [0.15, 0.2) is 5.51 Å². The molecule has 0 bridgehead atoms. The van der Waals surface area contributed by atoms with Crippen molar-refractivity contribution in [3.05, 3.63) is 5.51 Å². The summed E-state index contributed by atoms with van der Waals surface area (Å²) in [7, 11) is 0. The third-order valence-electron chi connectivity index (χ3n) is 2.95. The molecular formula is C10H17N3S. The maximum atomic E-state index is 4.16. The summed E-state index contributed by atoms with van der Waals surface area (Å²) in [5.41, 5.74) is 1.82. The van der Waals surface area contributed by atoms with Gasteiger partial charge in [0.25, 0.3) is 0 Å². The maximum absolute atomic E-state index is 4.16. The fraction of sp³-hybridized carbons (Fsp3) is 0.800. The Morgan fingerprint density at radius 2 is 2.21 bits per heavy atom. The van der Waals surface area contributed by atoms with Gasteiger partial charge in [-0.15, -0.1) is 10.2 Å².